The van der Waals surface area contributed by atoms with Gasteiger partial charge in [-0.25, -0.2) is 0 Å². The summed E-state index contributed by atoms with van der Waals surface area (Å²) in [6.07, 6.45) is 0.366. The molecule has 3 heteroatoms. The van der Waals surface area contributed by atoms with Crippen molar-refractivity contribution in [1.82, 2.24) is 0 Å². The summed E-state index contributed by atoms with van der Waals surface area (Å²) in [5.74, 6) is 0.301. The number of carbonyl (C=O) groups excluding carboxylic acids is 1. The summed E-state index contributed by atoms with van der Waals surface area (Å²) < 4.78 is 0. The van der Waals surface area contributed by atoms with E-state index >= 15 is 0 Å². The lowest BCUT2D eigenvalue weighted by molar-refractivity contribution is -0.116. The number of hydrogen-bond donors (Lipinski definition) is 2. The Morgan fingerprint density at radius 3 is 2.47 bits per heavy atom. The van der Waals surface area contributed by atoms with Gasteiger partial charge in [-0.2, -0.15) is 0 Å². The summed E-state index contributed by atoms with van der Waals surface area (Å²) in [7, 11) is 0. The molecule has 0 aliphatic rings. The first-order chi connectivity index (χ1) is 7.90. The Morgan fingerprint density at radius 1 is 1.29 bits per heavy atom. The summed E-state index contributed by atoms with van der Waals surface area (Å²) in [6.45, 7) is 8.13. The van der Waals surface area contributed by atoms with Gasteiger partial charge >= 0.3 is 0 Å². The number of anilines is 1. The number of nitrogens with two attached hydrogens (primary N) is 1. The molecule has 0 radical (unpaired) electrons. The lowest BCUT2D eigenvalue weighted by Crippen LogP contribution is -2.31. The van der Waals surface area contributed by atoms with Crippen LogP contribution in [-0.2, 0) is 4.79 Å². The highest BCUT2D eigenvalue weighted by molar-refractivity contribution is 5.91. The molecule has 0 bridgehead atoms. The molecule has 0 heterocycles. The molecule has 1 aromatic rings. The van der Waals surface area contributed by atoms with Crippen LogP contribution in [0.4, 0.5) is 5.69 Å². The molecular formula is C14H22N2O. The molecule has 0 aromatic heterocycles. The lowest BCUT2D eigenvalue weighted by Gasteiger charge is -2.15. The van der Waals surface area contributed by atoms with E-state index in [1.54, 1.807) is 0 Å². The highest BCUT2D eigenvalue weighted by atomic mass is 16.1. The van der Waals surface area contributed by atoms with E-state index in [2.05, 4.69) is 12.2 Å². The van der Waals surface area contributed by atoms with E-state index in [1.165, 1.54) is 11.1 Å². The number of amides is 1. The Balaban J connectivity index is 2.59. The van der Waals surface area contributed by atoms with Crippen LogP contribution in [0.2, 0.25) is 0 Å². The van der Waals surface area contributed by atoms with Crippen molar-refractivity contribution < 1.29 is 4.79 Å². The Hall–Kier alpha value is -1.35. The topological polar surface area (TPSA) is 55.1 Å². The number of nitrogens with one attached hydrogen (secondary N) is 1. The third-order valence-electron chi connectivity index (χ3n) is 3.07. The SMILES string of the molecule is Cc1ccc(NC(=O)CC(N)C(C)C)cc1C. The quantitative estimate of drug-likeness (QED) is 0.841. The number of carbonyl (C=O) groups is 1. The van der Waals surface area contributed by atoms with E-state index in [0.29, 0.717) is 12.3 Å². The molecule has 0 saturated heterocycles. The van der Waals surface area contributed by atoms with Crippen LogP contribution < -0.4 is 11.1 Å². The number of benzene rings is 1. The average Bonchev–Trinajstić information content (AvgIpc) is 2.23. The number of hydrogen-bond acceptors (Lipinski definition) is 2. The van der Waals surface area contributed by atoms with Gasteiger partial charge in [-0.1, -0.05) is 19.9 Å². The van der Waals surface area contributed by atoms with Crippen LogP contribution in [0.3, 0.4) is 0 Å². The summed E-state index contributed by atoms with van der Waals surface area (Å²) in [4.78, 5) is 11.7. The molecule has 94 valence electrons. The fraction of sp³-hybridized carbons (Fsp3) is 0.500. The first kappa shape index (κ1) is 13.7. The highest BCUT2D eigenvalue weighted by Gasteiger charge is 2.13. The van der Waals surface area contributed by atoms with Crippen molar-refractivity contribution in [2.75, 3.05) is 5.32 Å². The molecule has 1 rings (SSSR count). The Bertz CT molecular complexity index is 399. The molecule has 17 heavy (non-hydrogen) atoms. The average molecular weight is 234 g/mol. The van der Waals surface area contributed by atoms with Crippen LogP contribution in [0, 0.1) is 19.8 Å². The largest absolute Gasteiger partial charge is 0.327 e. The second-order valence-corrected chi connectivity index (χ2v) is 4.96. The second-order valence-electron chi connectivity index (χ2n) is 4.96. The van der Waals surface area contributed by atoms with Gasteiger partial charge in [-0.15, -0.1) is 0 Å². The molecule has 1 unspecified atom stereocenters. The van der Waals surface area contributed by atoms with E-state index in [9.17, 15) is 4.79 Å². The van der Waals surface area contributed by atoms with Crippen molar-refractivity contribution in [3.05, 3.63) is 29.3 Å². The maximum atomic E-state index is 11.7. The maximum Gasteiger partial charge on any atom is 0.225 e. The third-order valence-corrected chi connectivity index (χ3v) is 3.07. The first-order valence-electron chi connectivity index (χ1n) is 6.03. The Morgan fingerprint density at radius 2 is 1.94 bits per heavy atom. The molecule has 1 amide bonds. The minimum absolute atomic E-state index is 0.0190. The zero-order chi connectivity index (χ0) is 13.0. The molecule has 3 N–H and O–H groups in total. The van der Waals surface area contributed by atoms with Crippen molar-refractivity contribution >= 4 is 11.6 Å². The van der Waals surface area contributed by atoms with Gasteiger partial charge < -0.3 is 11.1 Å². The van der Waals surface area contributed by atoms with Crippen LogP contribution in [0.25, 0.3) is 0 Å². The smallest absolute Gasteiger partial charge is 0.225 e. The zero-order valence-electron chi connectivity index (χ0n) is 11.1. The van der Waals surface area contributed by atoms with Crippen molar-refractivity contribution in [3.63, 3.8) is 0 Å². The fourth-order valence-electron chi connectivity index (χ4n) is 1.48. The molecule has 0 fully saturated rings. The zero-order valence-corrected chi connectivity index (χ0v) is 11.1. The normalized spacial score (nSPS) is 12.6. The molecule has 3 nitrogen and oxygen atoms in total. The highest BCUT2D eigenvalue weighted by Crippen LogP contribution is 2.14. The van der Waals surface area contributed by atoms with Crippen LogP contribution in [0.5, 0.6) is 0 Å². The number of rotatable bonds is 4. The summed E-state index contributed by atoms with van der Waals surface area (Å²) in [6, 6.07) is 5.82. The van der Waals surface area contributed by atoms with E-state index in [4.69, 9.17) is 5.73 Å². The maximum absolute atomic E-state index is 11.7. The van der Waals surface area contributed by atoms with Crippen LogP contribution in [0.1, 0.15) is 31.4 Å². The van der Waals surface area contributed by atoms with E-state index in [0.717, 1.165) is 5.69 Å². The molecule has 0 spiro atoms. The first-order valence-corrected chi connectivity index (χ1v) is 6.03. The van der Waals surface area contributed by atoms with Gasteiger partial charge in [0.25, 0.3) is 0 Å². The van der Waals surface area contributed by atoms with Crippen molar-refractivity contribution in [2.45, 2.75) is 40.2 Å². The van der Waals surface area contributed by atoms with Gasteiger partial charge in [-0.3, -0.25) is 4.79 Å². The van der Waals surface area contributed by atoms with E-state index in [1.807, 2.05) is 39.0 Å². The van der Waals surface area contributed by atoms with Gasteiger partial charge in [0.2, 0.25) is 5.91 Å². The van der Waals surface area contributed by atoms with Crippen LogP contribution in [-0.4, -0.2) is 11.9 Å². The van der Waals surface area contributed by atoms with Gasteiger partial charge in [0.15, 0.2) is 0 Å². The van der Waals surface area contributed by atoms with Gasteiger partial charge in [0, 0.05) is 18.2 Å². The monoisotopic (exact) mass is 234 g/mol. The summed E-state index contributed by atoms with van der Waals surface area (Å²) >= 11 is 0. The van der Waals surface area contributed by atoms with Crippen molar-refractivity contribution in [2.24, 2.45) is 11.7 Å². The van der Waals surface area contributed by atoms with Crippen LogP contribution >= 0.6 is 0 Å². The second kappa shape index (κ2) is 5.82. The molecule has 1 aromatic carbocycles. The Kier molecular flexibility index (Phi) is 4.70. The van der Waals surface area contributed by atoms with Crippen molar-refractivity contribution in [3.8, 4) is 0 Å². The van der Waals surface area contributed by atoms with Gasteiger partial charge in [0.1, 0.15) is 0 Å². The summed E-state index contributed by atoms with van der Waals surface area (Å²) in [5.41, 5.74) is 9.11. The van der Waals surface area contributed by atoms with Crippen LogP contribution in [0.15, 0.2) is 18.2 Å². The van der Waals surface area contributed by atoms with Crippen molar-refractivity contribution in [1.29, 1.82) is 0 Å². The predicted molar refractivity (Wildman–Crippen MR) is 72.0 cm³/mol. The van der Waals surface area contributed by atoms with Gasteiger partial charge in [0.05, 0.1) is 0 Å². The number of aryl methyl sites for hydroxylation is 2. The molecule has 0 saturated carbocycles. The minimum atomic E-state index is -0.0819. The minimum Gasteiger partial charge on any atom is -0.327 e. The molecular weight excluding hydrogens is 212 g/mol. The summed E-state index contributed by atoms with van der Waals surface area (Å²) in [5, 5.41) is 2.88. The van der Waals surface area contributed by atoms with Gasteiger partial charge in [-0.05, 0) is 43.0 Å². The molecule has 1 atom stereocenters. The fourth-order valence-corrected chi connectivity index (χ4v) is 1.48. The standard InChI is InChI=1S/C14H22N2O/c1-9(2)13(15)8-14(17)16-12-6-5-10(3)11(4)7-12/h5-7,9,13H,8,15H2,1-4H3,(H,16,17). The molecule has 0 aliphatic carbocycles. The van der Waals surface area contributed by atoms with E-state index in [-0.39, 0.29) is 11.9 Å². The third kappa shape index (κ3) is 4.19. The molecule has 0 aliphatic heterocycles. The Labute approximate surface area is 103 Å². The van der Waals surface area contributed by atoms with E-state index < -0.39 is 0 Å². The lowest BCUT2D eigenvalue weighted by atomic mass is 10.0. The predicted octanol–water partition coefficient (Wildman–Crippen LogP) is 2.62.